The van der Waals surface area contributed by atoms with E-state index in [1.807, 2.05) is 34.9 Å². The molecule has 284 valence electrons. The SMILES string of the molecule is C1CCC(P(C2CCCCC2)C2CCCCC2)CC1.Cc1cc(C)c(N2[C]N(c3c(C)cc(C)cc3C)C=C2)c(C)c1.[Cl][Ru]([Cl])=[CH]c1ccccc1. The van der Waals surface area contributed by atoms with E-state index in [-0.39, 0.29) is 0 Å². The number of halogens is 2. The van der Waals surface area contributed by atoms with Crippen LogP contribution < -0.4 is 9.80 Å². The molecule has 3 aromatic rings. The molecule has 0 bridgehead atoms. The first kappa shape index (κ1) is 41.7. The van der Waals surface area contributed by atoms with Crippen molar-refractivity contribution in [2.45, 2.75) is 155 Å². The predicted octanol–water partition coefficient (Wildman–Crippen LogP) is 14.6. The number of anilines is 2. The molecular formula is C46H63Cl2N2PRu. The van der Waals surface area contributed by atoms with Crippen LogP contribution in [0.4, 0.5) is 11.4 Å². The molecule has 7 rings (SSSR count). The third-order valence-corrected chi connectivity index (χ3v) is 17.3. The molecule has 3 aliphatic carbocycles. The van der Waals surface area contributed by atoms with Gasteiger partial charge in [0.05, 0.1) is 0 Å². The molecule has 2 nitrogen and oxygen atoms in total. The molecule has 0 spiro atoms. The second kappa shape index (κ2) is 21.0. The summed E-state index contributed by atoms with van der Waals surface area (Å²) in [4.78, 5) is 4.20. The zero-order chi connectivity index (χ0) is 37.0. The van der Waals surface area contributed by atoms with Gasteiger partial charge in [-0.3, -0.25) is 0 Å². The van der Waals surface area contributed by atoms with Gasteiger partial charge < -0.3 is 9.80 Å². The van der Waals surface area contributed by atoms with E-state index in [1.54, 1.807) is 77.0 Å². The third kappa shape index (κ3) is 12.0. The van der Waals surface area contributed by atoms with Crippen LogP contribution in [-0.2, 0) is 13.5 Å². The summed E-state index contributed by atoms with van der Waals surface area (Å²) in [5.41, 5.74) is 14.8. The van der Waals surface area contributed by atoms with Crippen LogP contribution in [0.5, 0.6) is 0 Å². The fourth-order valence-corrected chi connectivity index (χ4v) is 15.8. The van der Waals surface area contributed by atoms with Crippen LogP contribution in [0.25, 0.3) is 0 Å². The summed E-state index contributed by atoms with van der Waals surface area (Å²) >= 11 is -1.61. The molecule has 6 heteroatoms. The average Bonchev–Trinajstić information content (AvgIpc) is 3.58. The van der Waals surface area contributed by atoms with Gasteiger partial charge in [-0.05, 0) is 119 Å². The van der Waals surface area contributed by atoms with Crippen molar-refractivity contribution in [3.8, 4) is 0 Å². The number of nitrogens with zero attached hydrogens (tertiary/aromatic N) is 2. The van der Waals surface area contributed by atoms with Crippen LogP contribution in [0, 0.1) is 48.2 Å². The Morgan fingerprint density at radius 1 is 0.558 bits per heavy atom. The number of benzene rings is 3. The first-order chi connectivity index (χ1) is 25.1. The van der Waals surface area contributed by atoms with Gasteiger partial charge in [0.15, 0.2) is 0 Å². The molecule has 52 heavy (non-hydrogen) atoms. The van der Waals surface area contributed by atoms with Crippen molar-refractivity contribution < 1.29 is 13.5 Å². The molecule has 0 atom stereocenters. The van der Waals surface area contributed by atoms with Crippen LogP contribution in [0.2, 0.25) is 0 Å². The Labute approximate surface area is 332 Å². The topological polar surface area (TPSA) is 6.48 Å². The summed E-state index contributed by atoms with van der Waals surface area (Å²) in [6.07, 6.45) is 27.8. The van der Waals surface area contributed by atoms with E-state index in [0.29, 0.717) is 7.92 Å². The molecule has 0 amide bonds. The monoisotopic (exact) mass is 846 g/mol. The van der Waals surface area contributed by atoms with Gasteiger partial charge in [0, 0.05) is 23.8 Å². The Balaban J connectivity index is 0.000000162. The zero-order valence-corrected chi connectivity index (χ0v) is 36.9. The maximum atomic E-state index is 5.67. The van der Waals surface area contributed by atoms with E-state index in [2.05, 4.69) is 94.7 Å². The van der Waals surface area contributed by atoms with Gasteiger partial charge in [0.1, 0.15) is 0 Å². The molecule has 1 aliphatic heterocycles. The zero-order valence-electron chi connectivity index (χ0n) is 32.7. The molecule has 3 saturated carbocycles. The number of rotatable bonds is 6. The van der Waals surface area contributed by atoms with Crippen molar-refractivity contribution in [1.82, 2.24) is 0 Å². The number of hydrogen-bond acceptors (Lipinski definition) is 2. The van der Waals surface area contributed by atoms with E-state index < -0.39 is 13.5 Å². The summed E-state index contributed by atoms with van der Waals surface area (Å²) in [7, 11) is 11.7. The molecule has 4 aliphatic rings. The molecule has 1 heterocycles. The van der Waals surface area contributed by atoms with Crippen molar-refractivity contribution >= 4 is 43.3 Å². The fourth-order valence-electron chi connectivity index (χ4n) is 9.31. The van der Waals surface area contributed by atoms with Crippen LogP contribution in [0.3, 0.4) is 0 Å². The Kier molecular flexibility index (Phi) is 16.8. The van der Waals surface area contributed by atoms with Crippen molar-refractivity contribution in [1.29, 1.82) is 0 Å². The number of aryl methyl sites for hydroxylation is 6. The normalized spacial score (nSPS) is 18.8. The predicted molar refractivity (Wildman–Crippen MR) is 229 cm³/mol. The molecule has 3 aromatic carbocycles. The van der Waals surface area contributed by atoms with E-state index in [4.69, 9.17) is 19.4 Å². The third-order valence-electron chi connectivity index (χ3n) is 11.3. The van der Waals surface area contributed by atoms with Crippen LogP contribution in [0.15, 0.2) is 67.0 Å². The van der Waals surface area contributed by atoms with E-state index in [9.17, 15) is 0 Å². The Morgan fingerprint density at radius 2 is 0.904 bits per heavy atom. The molecular weight excluding hydrogens is 783 g/mol. The Hall–Kier alpha value is -1.50. The molecule has 0 saturated heterocycles. The first-order valence-corrected chi connectivity index (χ1v) is 27.0. The van der Waals surface area contributed by atoms with Crippen LogP contribution in [0.1, 0.15) is 135 Å². The summed E-state index contributed by atoms with van der Waals surface area (Å²) in [6, 6.07) is 18.8. The first-order valence-electron chi connectivity index (χ1n) is 19.9. The second-order valence-electron chi connectivity index (χ2n) is 15.7. The van der Waals surface area contributed by atoms with E-state index in [1.165, 1.54) is 81.0 Å². The summed E-state index contributed by atoms with van der Waals surface area (Å²) in [5.74, 6) is 0. The van der Waals surface area contributed by atoms with Crippen molar-refractivity contribution in [3.63, 3.8) is 0 Å². The minimum atomic E-state index is -1.61. The molecule has 3 fully saturated rings. The van der Waals surface area contributed by atoms with Gasteiger partial charge in [-0.2, -0.15) is 0 Å². The Bertz CT molecular complexity index is 1460. The summed E-state index contributed by atoms with van der Waals surface area (Å²) in [5, 5.41) is 0. The molecule has 0 unspecified atom stereocenters. The van der Waals surface area contributed by atoms with Gasteiger partial charge in [0.2, 0.25) is 6.67 Å². The van der Waals surface area contributed by atoms with Crippen molar-refractivity contribution in [2.24, 2.45) is 0 Å². The fraction of sp³-hybridized carbons (Fsp3) is 0.522. The van der Waals surface area contributed by atoms with E-state index in [0.717, 1.165) is 5.56 Å². The second-order valence-corrected chi connectivity index (χ2v) is 24.5. The summed E-state index contributed by atoms with van der Waals surface area (Å²) < 4.78 is 1.92. The van der Waals surface area contributed by atoms with Gasteiger partial charge in [-0.15, -0.1) is 0 Å². The standard InChI is InChI=1S/C21H24N2.C18H33P.C7H6.2ClH.Ru/c1-14-9-16(3)20(17(4)10-14)22-7-8-23(13-22)21-18(5)11-15(2)12-19(21)6;1-4-10-16(11-5-1)19(17-12-6-2-7-13-17)18-14-8-3-9-15-18;1-7-5-3-2-4-6-7;;;/h7-12H,1-6H3;16-18H,1-15H2;1-6H;2*1H;/q;;;;;+2/p-2. The van der Waals surface area contributed by atoms with Crippen LogP contribution in [-0.4, -0.2) is 21.6 Å². The van der Waals surface area contributed by atoms with Gasteiger partial charge >= 0.3 is 73.4 Å². The van der Waals surface area contributed by atoms with Crippen molar-refractivity contribution in [2.75, 3.05) is 9.80 Å². The number of hydrogen-bond donors (Lipinski definition) is 0. The maximum absolute atomic E-state index is 5.67. The Morgan fingerprint density at radius 3 is 1.23 bits per heavy atom. The molecule has 2 radical (unpaired) electrons. The molecule has 0 aromatic heterocycles. The minimum absolute atomic E-state index is 0.385. The van der Waals surface area contributed by atoms with Gasteiger partial charge in [-0.25, -0.2) is 0 Å². The quantitative estimate of drug-likeness (QED) is 0.180. The van der Waals surface area contributed by atoms with Crippen molar-refractivity contribution in [3.05, 3.63) is 113 Å². The summed E-state index contributed by atoms with van der Waals surface area (Å²) in [6.45, 7) is 16.4. The van der Waals surface area contributed by atoms with E-state index >= 15 is 0 Å². The molecule has 0 N–H and O–H groups in total. The van der Waals surface area contributed by atoms with Gasteiger partial charge in [-0.1, -0.05) is 101 Å². The average molecular weight is 847 g/mol. The van der Waals surface area contributed by atoms with Gasteiger partial charge in [0.25, 0.3) is 0 Å². The van der Waals surface area contributed by atoms with Crippen LogP contribution >= 0.6 is 27.3 Å².